The van der Waals surface area contributed by atoms with Crippen LogP contribution in [0.2, 0.25) is 0 Å². The van der Waals surface area contributed by atoms with Crippen LogP contribution >= 0.6 is 0 Å². The van der Waals surface area contributed by atoms with E-state index < -0.39 is 5.97 Å². The Morgan fingerprint density at radius 3 is 2.73 bits per heavy atom. The third-order valence-electron chi connectivity index (χ3n) is 5.21. The molecule has 1 aliphatic rings. The molecule has 8 heteroatoms. The number of H-pyrrole nitrogens is 1. The van der Waals surface area contributed by atoms with Gasteiger partial charge in [-0.2, -0.15) is 5.10 Å². The normalized spacial score (nSPS) is 14.2. The van der Waals surface area contributed by atoms with Crippen LogP contribution < -0.4 is 4.90 Å². The molecule has 3 heterocycles. The van der Waals surface area contributed by atoms with Crippen LogP contribution in [0.5, 0.6) is 0 Å². The van der Waals surface area contributed by atoms with Gasteiger partial charge in [-0.25, -0.2) is 9.78 Å². The molecule has 8 nitrogen and oxygen atoms in total. The SMILES string of the molecule is O=C(O)c1cccc(-c2[nH]ncc2-c2ccc3ncc(N4CCOCC4)nc3c2)c1. The van der Waals surface area contributed by atoms with E-state index in [9.17, 15) is 9.90 Å². The van der Waals surface area contributed by atoms with Crippen molar-refractivity contribution in [3.05, 3.63) is 60.4 Å². The largest absolute Gasteiger partial charge is 0.478 e. The minimum Gasteiger partial charge on any atom is -0.478 e. The number of carboxylic acid groups (broad SMARTS) is 1. The molecule has 0 spiro atoms. The number of morpholine rings is 1. The van der Waals surface area contributed by atoms with Crippen molar-refractivity contribution >= 4 is 22.8 Å². The fourth-order valence-electron chi connectivity index (χ4n) is 3.65. The van der Waals surface area contributed by atoms with E-state index in [1.165, 1.54) is 0 Å². The Hall–Kier alpha value is -3.78. The van der Waals surface area contributed by atoms with Crippen molar-refractivity contribution in [2.75, 3.05) is 31.2 Å². The number of nitrogens with zero attached hydrogens (tertiary/aromatic N) is 4. The Morgan fingerprint density at radius 1 is 1.03 bits per heavy atom. The molecule has 1 aliphatic heterocycles. The average Bonchev–Trinajstić information content (AvgIpc) is 3.29. The molecular formula is C22H19N5O3. The topological polar surface area (TPSA) is 104 Å². The molecule has 5 rings (SSSR count). The molecule has 2 aromatic carbocycles. The zero-order chi connectivity index (χ0) is 20.5. The highest BCUT2D eigenvalue weighted by molar-refractivity contribution is 5.91. The standard InChI is InChI=1S/C22H19N5O3/c28-22(29)16-3-1-2-15(10-16)21-17(12-24-26-21)14-4-5-18-19(11-14)25-20(13-23-18)27-6-8-30-9-7-27/h1-5,10-13H,6-9H2,(H,24,26)(H,28,29). The summed E-state index contributed by atoms with van der Waals surface area (Å²) in [4.78, 5) is 22.9. The van der Waals surface area contributed by atoms with E-state index in [1.54, 1.807) is 30.6 Å². The van der Waals surface area contributed by atoms with Crippen LogP contribution in [0.4, 0.5) is 5.82 Å². The molecule has 0 aliphatic carbocycles. The minimum absolute atomic E-state index is 0.229. The molecule has 2 N–H and O–H groups in total. The summed E-state index contributed by atoms with van der Waals surface area (Å²) in [6.07, 6.45) is 3.54. The minimum atomic E-state index is -0.963. The Bertz CT molecular complexity index is 1230. The number of anilines is 1. The number of fused-ring (bicyclic) bond motifs is 1. The summed E-state index contributed by atoms with van der Waals surface area (Å²) in [5, 5.41) is 16.5. The predicted molar refractivity (Wildman–Crippen MR) is 113 cm³/mol. The lowest BCUT2D eigenvalue weighted by Crippen LogP contribution is -2.36. The summed E-state index contributed by atoms with van der Waals surface area (Å²) in [5.74, 6) is -0.126. The highest BCUT2D eigenvalue weighted by Crippen LogP contribution is 2.32. The van der Waals surface area contributed by atoms with Crippen LogP contribution in [-0.2, 0) is 4.74 Å². The second-order valence-corrected chi connectivity index (χ2v) is 7.08. The third-order valence-corrected chi connectivity index (χ3v) is 5.21. The first-order chi connectivity index (χ1) is 14.7. The number of benzene rings is 2. The van der Waals surface area contributed by atoms with Gasteiger partial charge < -0.3 is 14.7 Å². The summed E-state index contributed by atoms with van der Waals surface area (Å²) in [6.45, 7) is 2.97. The molecule has 0 unspecified atom stereocenters. The van der Waals surface area contributed by atoms with Gasteiger partial charge in [0.05, 0.1) is 47.9 Å². The molecule has 150 valence electrons. The third kappa shape index (κ3) is 3.37. The lowest BCUT2D eigenvalue weighted by molar-refractivity contribution is 0.0697. The number of nitrogens with one attached hydrogen (secondary N) is 1. The molecule has 0 bridgehead atoms. The lowest BCUT2D eigenvalue weighted by atomic mass is 10.00. The molecule has 2 aromatic heterocycles. The average molecular weight is 401 g/mol. The Balaban J connectivity index is 1.55. The first kappa shape index (κ1) is 18.3. The number of aromatic carboxylic acids is 1. The highest BCUT2D eigenvalue weighted by atomic mass is 16.5. The molecule has 0 amide bonds. The van der Waals surface area contributed by atoms with E-state index in [0.29, 0.717) is 13.2 Å². The van der Waals surface area contributed by atoms with Gasteiger partial charge in [0.2, 0.25) is 0 Å². The van der Waals surface area contributed by atoms with Gasteiger partial charge >= 0.3 is 5.97 Å². The molecule has 1 fully saturated rings. The predicted octanol–water partition coefficient (Wildman–Crippen LogP) is 3.22. The number of aromatic nitrogens is 4. The maximum Gasteiger partial charge on any atom is 0.335 e. The van der Waals surface area contributed by atoms with Crippen molar-refractivity contribution in [2.45, 2.75) is 0 Å². The summed E-state index contributed by atoms with van der Waals surface area (Å²) < 4.78 is 5.42. The van der Waals surface area contributed by atoms with E-state index in [-0.39, 0.29) is 5.56 Å². The smallest absolute Gasteiger partial charge is 0.335 e. The number of ether oxygens (including phenoxy) is 1. The van der Waals surface area contributed by atoms with Crippen LogP contribution in [0.25, 0.3) is 33.4 Å². The fraction of sp³-hybridized carbons (Fsp3) is 0.182. The summed E-state index contributed by atoms with van der Waals surface area (Å²) in [5.41, 5.74) is 5.16. The molecule has 0 atom stereocenters. The fourth-order valence-corrected chi connectivity index (χ4v) is 3.65. The summed E-state index contributed by atoms with van der Waals surface area (Å²) >= 11 is 0. The van der Waals surface area contributed by atoms with Crippen molar-refractivity contribution in [2.24, 2.45) is 0 Å². The molecular weight excluding hydrogens is 382 g/mol. The zero-order valence-electron chi connectivity index (χ0n) is 16.1. The molecule has 1 saturated heterocycles. The Kier molecular flexibility index (Phi) is 4.61. The van der Waals surface area contributed by atoms with Crippen LogP contribution in [-0.4, -0.2) is 57.5 Å². The monoisotopic (exact) mass is 401 g/mol. The van der Waals surface area contributed by atoms with Crippen molar-refractivity contribution in [1.82, 2.24) is 20.2 Å². The lowest BCUT2D eigenvalue weighted by Gasteiger charge is -2.27. The van der Waals surface area contributed by atoms with Gasteiger partial charge in [0.15, 0.2) is 0 Å². The number of rotatable bonds is 4. The van der Waals surface area contributed by atoms with E-state index in [1.807, 2.05) is 24.3 Å². The van der Waals surface area contributed by atoms with Crippen LogP contribution in [0.1, 0.15) is 10.4 Å². The van der Waals surface area contributed by atoms with Gasteiger partial charge in [0.25, 0.3) is 0 Å². The number of carbonyl (C=O) groups is 1. The van der Waals surface area contributed by atoms with Crippen LogP contribution in [0.15, 0.2) is 54.9 Å². The summed E-state index contributed by atoms with van der Waals surface area (Å²) in [6, 6.07) is 12.7. The second kappa shape index (κ2) is 7.57. The van der Waals surface area contributed by atoms with Crippen molar-refractivity contribution < 1.29 is 14.6 Å². The number of carboxylic acids is 1. The molecule has 0 saturated carbocycles. The van der Waals surface area contributed by atoms with Gasteiger partial charge in [0, 0.05) is 24.2 Å². The maximum absolute atomic E-state index is 11.3. The van der Waals surface area contributed by atoms with Crippen LogP contribution in [0, 0.1) is 0 Å². The number of hydrogen-bond acceptors (Lipinski definition) is 6. The van der Waals surface area contributed by atoms with Gasteiger partial charge in [0.1, 0.15) is 5.82 Å². The Labute approximate surface area is 172 Å². The number of aromatic amines is 1. The first-order valence-corrected chi connectivity index (χ1v) is 9.66. The van der Waals surface area contributed by atoms with E-state index >= 15 is 0 Å². The van der Waals surface area contributed by atoms with E-state index in [2.05, 4.69) is 20.1 Å². The van der Waals surface area contributed by atoms with Gasteiger partial charge in [-0.15, -0.1) is 0 Å². The zero-order valence-corrected chi connectivity index (χ0v) is 16.1. The maximum atomic E-state index is 11.3. The van der Waals surface area contributed by atoms with Gasteiger partial charge in [-0.05, 0) is 29.8 Å². The van der Waals surface area contributed by atoms with Gasteiger partial charge in [-0.1, -0.05) is 18.2 Å². The van der Waals surface area contributed by atoms with Crippen molar-refractivity contribution in [3.8, 4) is 22.4 Å². The van der Waals surface area contributed by atoms with Gasteiger partial charge in [-0.3, -0.25) is 10.1 Å². The highest BCUT2D eigenvalue weighted by Gasteiger charge is 2.15. The molecule has 4 aromatic rings. The summed E-state index contributed by atoms with van der Waals surface area (Å²) in [7, 11) is 0. The Morgan fingerprint density at radius 2 is 1.90 bits per heavy atom. The molecule has 0 radical (unpaired) electrons. The number of hydrogen-bond donors (Lipinski definition) is 2. The first-order valence-electron chi connectivity index (χ1n) is 9.66. The van der Waals surface area contributed by atoms with E-state index in [0.717, 1.165) is 52.3 Å². The van der Waals surface area contributed by atoms with Crippen LogP contribution in [0.3, 0.4) is 0 Å². The van der Waals surface area contributed by atoms with Crippen molar-refractivity contribution in [1.29, 1.82) is 0 Å². The molecule has 30 heavy (non-hydrogen) atoms. The second-order valence-electron chi connectivity index (χ2n) is 7.08. The quantitative estimate of drug-likeness (QED) is 0.541. The van der Waals surface area contributed by atoms with E-state index in [4.69, 9.17) is 9.72 Å². The van der Waals surface area contributed by atoms with Crippen molar-refractivity contribution in [3.63, 3.8) is 0 Å².